The van der Waals surface area contributed by atoms with Gasteiger partial charge in [-0.2, -0.15) is 0 Å². The second-order valence-electron chi connectivity index (χ2n) is 3.69. The molecule has 1 aromatic rings. The third-order valence-electron chi connectivity index (χ3n) is 2.54. The van der Waals surface area contributed by atoms with Crippen molar-refractivity contribution in [3.63, 3.8) is 0 Å². The first-order chi connectivity index (χ1) is 8.11. The standard InChI is InChI=1S/C10H13N3O4/c1-6-8(9(14)12-11)4-7(17-6)5-13-2-3-16-10(13)15/h4H,2-3,5,11H2,1H3,(H,12,14). The van der Waals surface area contributed by atoms with Crippen LogP contribution >= 0.6 is 0 Å². The number of nitrogens with zero attached hydrogens (tertiary/aromatic N) is 1. The summed E-state index contributed by atoms with van der Waals surface area (Å²) in [5, 5.41) is 0. The summed E-state index contributed by atoms with van der Waals surface area (Å²) in [4.78, 5) is 24.1. The predicted octanol–water partition coefficient (Wildman–Crippen LogP) is 0.144. The summed E-state index contributed by atoms with van der Waals surface area (Å²) in [6.45, 7) is 2.86. The smallest absolute Gasteiger partial charge is 0.410 e. The molecule has 0 saturated carbocycles. The molecule has 1 aliphatic rings. The molecule has 0 bridgehead atoms. The van der Waals surface area contributed by atoms with Crippen molar-refractivity contribution in [1.29, 1.82) is 0 Å². The molecule has 92 valence electrons. The Morgan fingerprint density at radius 3 is 3.00 bits per heavy atom. The van der Waals surface area contributed by atoms with Crippen molar-refractivity contribution in [2.45, 2.75) is 13.5 Å². The first kappa shape index (κ1) is 11.5. The van der Waals surface area contributed by atoms with Gasteiger partial charge >= 0.3 is 6.09 Å². The SMILES string of the molecule is Cc1oc(CN2CCOC2=O)cc1C(=O)NN. The minimum absolute atomic E-state index is 0.289. The van der Waals surface area contributed by atoms with Gasteiger partial charge in [0.05, 0.1) is 18.7 Å². The molecular weight excluding hydrogens is 226 g/mol. The molecule has 0 aliphatic carbocycles. The Labute approximate surface area is 97.5 Å². The van der Waals surface area contributed by atoms with Crippen LogP contribution < -0.4 is 11.3 Å². The molecule has 3 N–H and O–H groups in total. The van der Waals surface area contributed by atoms with Crippen LogP contribution in [0.2, 0.25) is 0 Å². The average Bonchev–Trinajstić information content (AvgIpc) is 2.86. The molecule has 2 rings (SSSR count). The van der Waals surface area contributed by atoms with Crippen molar-refractivity contribution >= 4 is 12.0 Å². The quantitative estimate of drug-likeness (QED) is 0.444. The van der Waals surface area contributed by atoms with Crippen molar-refractivity contribution in [3.8, 4) is 0 Å². The van der Waals surface area contributed by atoms with Gasteiger partial charge in [-0.15, -0.1) is 0 Å². The molecular formula is C10H13N3O4. The Kier molecular flexibility index (Phi) is 3.01. The summed E-state index contributed by atoms with van der Waals surface area (Å²) < 4.78 is 10.2. The number of rotatable bonds is 3. The molecule has 1 fully saturated rings. The lowest BCUT2D eigenvalue weighted by Crippen LogP contribution is -2.30. The van der Waals surface area contributed by atoms with Gasteiger partial charge in [-0.25, -0.2) is 10.6 Å². The summed E-state index contributed by atoms with van der Waals surface area (Å²) in [7, 11) is 0. The molecule has 1 saturated heterocycles. The molecule has 0 unspecified atom stereocenters. The lowest BCUT2D eigenvalue weighted by atomic mass is 10.2. The lowest BCUT2D eigenvalue weighted by molar-refractivity contribution is 0.0952. The minimum Gasteiger partial charge on any atom is -0.464 e. The number of amides is 2. The highest BCUT2D eigenvalue weighted by atomic mass is 16.6. The average molecular weight is 239 g/mol. The molecule has 17 heavy (non-hydrogen) atoms. The number of aryl methyl sites for hydroxylation is 1. The van der Waals surface area contributed by atoms with Gasteiger partial charge in [0.2, 0.25) is 0 Å². The second-order valence-corrected chi connectivity index (χ2v) is 3.69. The molecule has 0 spiro atoms. The summed E-state index contributed by atoms with van der Waals surface area (Å²) >= 11 is 0. The first-order valence-electron chi connectivity index (χ1n) is 5.13. The van der Waals surface area contributed by atoms with E-state index in [9.17, 15) is 9.59 Å². The van der Waals surface area contributed by atoms with E-state index in [1.807, 2.05) is 5.43 Å². The molecule has 0 radical (unpaired) electrons. The number of hydrazine groups is 1. The maximum absolute atomic E-state index is 11.3. The van der Waals surface area contributed by atoms with Crippen molar-refractivity contribution in [2.24, 2.45) is 5.84 Å². The Hall–Kier alpha value is -2.02. The fraction of sp³-hybridized carbons (Fsp3) is 0.400. The minimum atomic E-state index is -0.415. The van der Waals surface area contributed by atoms with Crippen molar-refractivity contribution in [3.05, 3.63) is 23.2 Å². The van der Waals surface area contributed by atoms with Crippen LogP contribution in [0, 0.1) is 6.92 Å². The predicted molar refractivity (Wildman–Crippen MR) is 56.9 cm³/mol. The topological polar surface area (TPSA) is 97.8 Å². The number of nitrogen functional groups attached to an aromatic ring is 1. The molecule has 0 aromatic carbocycles. The number of carbonyl (C=O) groups excluding carboxylic acids is 2. The molecule has 2 amide bonds. The highest BCUT2D eigenvalue weighted by Gasteiger charge is 2.24. The largest absolute Gasteiger partial charge is 0.464 e. The molecule has 7 nitrogen and oxygen atoms in total. The van der Waals surface area contributed by atoms with Crippen LogP contribution in [0.25, 0.3) is 0 Å². The van der Waals surface area contributed by atoms with Crippen LogP contribution in [-0.2, 0) is 11.3 Å². The van der Waals surface area contributed by atoms with Crippen LogP contribution in [0.3, 0.4) is 0 Å². The summed E-state index contributed by atoms with van der Waals surface area (Å²) in [6.07, 6.45) is -0.371. The van der Waals surface area contributed by atoms with E-state index in [0.717, 1.165) is 0 Å². The fourth-order valence-corrected chi connectivity index (χ4v) is 1.68. The summed E-state index contributed by atoms with van der Waals surface area (Å²) in [5.41, 5.74) is 2.40. The number of furan rings is 1. The fourth-order valence-electron chi connectivity index (χ4n) is 1.68. The van der Waals surface area contributed by atoms with E-state index in [-0.39, 0.29) is 12.6 Å². The van der Waals surface area contributed by atoms with E-state index in [2.05, 4.69) is 0 Å². The number of hydrogen-bond acceptors (Lipinski definition) is 5. The molecule has 1 aliphatic heterocycles. The van der Waals surface area contributed by atoms with Gasteiger partial charge in [-0.05, 0) is 13.0 Å². The van der Waals surface area contributed by atoms with E-state index in [1.165, 1.54) is 4.90 Å². The number of nitrogens with two attached hydrogens (primary N) is 1. The van der Waals surface area contributed by atoms with Crippen LogP contribution in [-0.4, -0.2) is 30.1 Å². The first-order valence-corrected chi connectivity index (χ1v) is 5.13. The number of ether oxygens (including phenoxy) is 1. The molecule has 2 heterocycles. The van der Waals surface area contributed by atoms with Gasteiger partial charge in [-0.3, -0.25) is 15.1 Å². The monoisotopic (exact) mass is 239 g/mol. The Balaban J connectivity index is 2.12. The molecule has 1 aromatic heterocycles. The molecule has 7 heteroatoms. The highest BCUT2D eigenvalue weighted by molar-refractivity contribution is 5.94. The summed E-state index contributed by atoms with van der Waals surface area (Å²) in [5.74, 6) is 5.62. The zero-order chi connectivity index (χ0) is 12.4. The van der Waals surface area contributed by atoms with E-state index in [4.69, 9.17) is 15.0 Å². The number of hydrogen-bond donors (Lipinski definition) is 2. The van der Waals surface area contributed by atoms with E-state index >= 15 is 0 Å². The third-order valence-corrected chi connectivity index (χ3v) is 2.54. The Bertz CT molecular complexity index is 454. The lowest BCUT2D eigenvalue weighted by Gasteiger charge is -2.09. The van der Waals surface area contributed by atoms with Crippen molar-refractivity contribution in [1.82, 2.24) is 10.3 Å². The maximum atomic E-state index is 11.3. The van der Waals surface area contributed by atoms with E-state index in [1.54, 1.807) is 13.0 Å². The van der Waals surface area contributed by atoms with Gasteiger partial charge in [0.25, 0.3) is 5.91 Å². The van der Waals surface area contributed by atoms with Crippen LogP contribution in [0.1, 0.15) is 21.9 Å². The highest BCUT2D eigenvalue weighted by Crippen LogP contribution is 2.17. The number of nitrogens with one attached hydrogen (secondary N) is 1. The van der Waals surface area contributed by atoms with Gasteiger partial charge in [0.1, 0.15) is 18.1 Å². The number of cyclic esters (lactones) is 1. The second kappa shape index (κ2) is 4.46. The van der Waals surface area contributed by atoms with Crippen molar-refractivity contribution in [2.75, 3.05) is 13.2 Å². The van der Waals surface area contributed by atoms with Gasteiger partial charge < -0.3 is 9.15 Å². The van der Waals surface area contributed by atoms with Crippen molar-refractivity contribution < 1.29 is 18.7 Å². The summed E-state index contributed by atoms with van der Waals surface area (Å²) in [6, 6.07) is 1.57. The van der Waals surface area contributed by atoms with Gasteiger partial charge in [0.15, 0.2) is 0 Å². The van der Waals surface area contributed by atoms with Crippen LogP contribution in [0.15, 0.2) is 10.5 Å². The Morgan fingerprint density at radius 1 is 1.65 bits per heavy atom. The van der Waals surface area contributed by atoms with Crippen LogP contribution in [0.4, 0.5) is 4.79 Å². The normalized spacial score (nSPS) is 14.9. The molecule has 0 atom stereocenters. The zero-order valence-electron chi connectivity index (χ0n) is 9.36. The van der Waals surface area contributed by atoms with Gasteiger partial charge in [-0.1, -0.05) is 0 Å². The van der Waals surface area contributed by atoms with Gasteiger partial charge in [0, 0.05) is 0 Å². The maximum Gasteiger partial charge on any atom is 0.410 e. The number of carbonyl (C=O) groups is 2. The Morgan fingerprint density at radius 2 is 2.41 bits per heavy atom. The van der Waals surface area contributed by atoms with Crippen LogP contribution in [0.5, 0.6) is 0 Å². The van der Waals surface area contributed by atoms with E-state index in [0.29, 0.717) is 30.2 Å². The third kappa shape index (κ3) is 2.23. The zero-order valence-corrected chi connectivity index (χ0v) is 9.36. The van der Waals surface area contributed by atoms with E-state index < -0.39 is 5.91 Å².